The fourth-order valence-corrected chi connectivity index (χ4v) is 5.44. The molecule has 2 aromatic rings. The lowest BCUT2D eigenvalue weighted by Crippen LogP contribution is -2.46. The van der Waals surface area contributed by atoms with Crippen molar-refractivity contribution in [2.45, 2.75) is 93.9 Å². The molecule has 0 aromatic heterocycles. The highest BCUT2D eigenvalue weighted by Gasteiger charge is 2.45. The number of ether oxygens (including phenoxy) is 1. The van der Waals surface area contributed by atoms with Crippen LogP contribution in [0.3, 0.4) is 0 Å². The predicted molar refractivity (Wildman–Crippen MR) is 169 cm³/mol. The second-order valence-electron chi connectivity index (χ2n) is 11.1. The molecule has 2 fully saturated rings. The van der Waals surface area contributed by atoms with E-state index in [1.165, 1.54) is 61.9 Å². The van der Waals surface area contributed by atoms with E-state index in [0.717, 1.165) is 23.2 Å². The average Bonchev–Trinajstić information content (AvgIpc) is 2.82. The minimum absolute atomic E-state index is 0. The number of likely N-dealkylation sites (tertiary alicyclic amines) is 1. The zero-order valence-corrected chi connectivity index (χ0v) is 25.7. The average molecular weight is 534 g/mol. The van der Waals surface area contributed by atoms with Gasteiger partial charge in [-0.15, -0.1) is 0 Å². The van der Waals surface area contributed by atoms with Gasteiger partial charge in [-0.05, 0) is 102 Å². The molecule has 4 heteroatoms. The molecule has 38 heavy (non-hydrogen) atoms. The summed E-state index contributed by atoms with van der Waals surface area (Å²) >= 11 is 0. The number of nitrogens with zero attached hydrogens (tertiary/aromatic N) is 1. The molecule has 1 saturated heterocycles. The second-order valence-corrected chi connectivity index (χ2v) is 11.1. The third kappa shape index (κ3) is 13.9. The van der Waals surface area contributed by atoms with Crippen molar-refractivity contribution in [2.24, 2.45) is 17.3 Å². The SMILES string of the molecule is C.CC.COC.Cc1ccc(C)cc1.Cc1ccc([C@@H](CC2CC3(CCN(C)CC3)C2)C(C)C)cc1.O.O. The van der Waals surface area contributed by atoms with Crippen molar-refractivity contribution in [3.05, 3.63) is 70.8 Å². The Hall–Kier alpha value is -1.72. The Labute approximate surface area is 236 Å². The summed E-state index contributed by atoms with van der Waals surface area (Å²) in [6.45, 7) is 17.8. The normalized spacial score (nSPS) is 16.3. The van der Waals surface area contributed by atoms with Gasteiger partial charge in [0, 0.05) is 14.2 Å². The van der Waals surface area contributed by atoms with Gasteiger partial charge >= 0.3 is 0 Å². The van der Waals surface area contributed by atoms with Crippen LogP contribution >= 0.6 is 0 Å². The van der Waals surface area contributed by atoms with E-state index in [4.69, 9.17) is 0 Å². The minimum atomic E-state index is 0. The maximum absolute atomic E-state index is 4.25. The zero-order chi connectivity index (χ0) is 26.4. The lowest BCUT2D eigenvalue weighted by Gasteiger charge is -2.53. The van der Waals surface area contributed by atoms with Crippen LogP contribution in [0.2, 0.25) is 0 Å². The Kier molecular flexibility index (Phi) is 22.7. The Balaban J connectivity index is -0.000000648. The first-order chi connectivity index (χ1) is 16.7. The molecule has 0 radical (unpaired) electrons. The van der Waals surface area contributed by atoms with E-state index in [9.17, 15) is 0 Å². The third-order valence-corrected chi connectivity index (χ3v) is 7.61. The Morgan fingerprint density at radius 1 is 0.789 bits per heavy atom. The fourth-order valence-electron chi connectivity index (χ4n) is 5.44. The van der Waals surface area contributed by atoms with Crippen molar-refractivity contribution < 1.29 is 15.7 Å². The van der Waals surface area contributed by atoms with Crippen molar-refractivity contribution in [1.29, 1.82) is 0 Å². The van der Waals surface area contributed by atoms with Gasteiger partial charge in [-0.3, -0.25) is 0 Å². The first-order valence-corrected chi connectivity index (χ1v) is 13.9. The van der Waals surface area contributed by atoms with Crippen molar-refractivity contribution in [3.8, 4) is 0 Å². The summed E-state index contributed by atoms with van der Waals surface area (Å²) in [4.78, 5) is 2.50. The van der Waals surface area contributed by atoms with Crippen LogP contribution in [0.5, 0.6) is 0 Å². The number of rotatable bonds is 4. The minimum Gasteiger partial charge on any atom is -0.412 e. The van der Waals surface area contributed by atoms with Gasteiger partial charge in [0.2, 0.25) is 0 Å². The van der Waals surface area contributed by atoms with Gasteiger partial charge in [0.1, 0.15) is 0 Å². The topological polar surface area (TPSA) is 75.5 Å². The summed E-state index contributed by atoms with van der Waals surface area (Å²) < 4.78 is 4.25. The molecule has 2 aromatic carbocycles. The highest BCUT2D eigenvalue weighted by molar-refractivity contribution is 5.25. The number of piperidine rings is 1. The van der Waals surface area contributed by atoms with Crippen molar-refractivity contribution >= 4 is 0 Å². The van der Waals surface area contributed by atoms with Gasteiger partial charge in [-0.2, -0.15) is 0 Å². The molecule has 1 aliphatic carbocycles. The molecule has 222 valence electrons. The van der Waals surface area contributed by atoms with E-state index >= 15 is 0 Å². The molecule has 0 bridgehead atoms. The molecular weight excluding hydrogens is 470 g/mol. The van der Waals surface area contributed by atoms with Gasteiger partial charge in [0.05, 0.1) is 0 Å². The van der Waals surface area contributed by atoms with E-state index < -0.39 is 0 Å². The molecule has 1 spiro atoms. The van der Waals surface area contributed by atoms with Crippen LogP contribution in [0.4, 0.5) is 0 Å². The molecule has 2 aliphatic rings. The highest BCUT2D eigenvalue weighted by Crippen LogP contribution is 2.55. The largest absolute Gasteiger partial charge is 0.412 e. The molecule has 4 N–H and O–H groups in total. The van der Waals surface area contributed by atoms with Crippen molar-refractivity contribution in [2.75, 3.05) is 34.4 Å². The molecule has 0 unspecified atom stereocenters. The monoisotopic (exact) mass is 533 g/mol. The number of methoxy groups -OCH3 is 1. The maximum Gasteiger partial charge on any atom is 0.0351 e. The maximum atomic E-state index is 4.25. The standard InChI is InChI=1S/C21H33N.C8H10.C2H6O.C2H6.CH4.2H2O/c1-16(2)20(19-7-5-17(3)6-8-19)13-18-14-21(15-18)9-11-22(4)12-10-21;1-7-3-5-8(2)6-4-7;1-3-2;1-2;;;/h5-8,16,18,20H,9-15H2,1-4H3;3-6H,1-2H3;1-2H3;1-2H3;1H4;2*1H2/t20-;;;;;;/m0....../s1. The predicted octanol–water partition coefficient (Wildman–Crippen LogP) is 7.83. The lowest BCUT2D eigenvalue weighted by molar-refractivity contribution is -0.0144. The van der Waals surface area contributed by atoms with Gasteiger partial charge in [0.25, 0.3) is 0 Å². The number of hydrogen-bond donors (Lipinski definition) is 0. The van der Waals surface area contributed by atoms with Crippen LogP contribution < -0.4 is 0 Å². The molecule has 4 nitrogen and oxygen atoms in total. The van der Waals surface area contributed by atoms with Gasteiger partial charge in [0.15, 0.2) is 0 Å². The van der Waals surface area contributed by atoms with Crippen LogP contribution in [0, 0.1) is 38.0 Å². The molecule has 0 amide bonds. The molecule has 4 rings (SSSR count). The van der Waals surface area contributed by atoms with Crippen molar-refractivity contribution in [1.82, 2.24) is 4.90 Å². The van der Waals surface area contributed by atoms with E-state index in [-0.39, 0.29) is 18.4 Å². The van der Waals surface area contributed by atoms with Crippen molar-refractivity contribution in [3.63, 3.8) is 0 Å². The third-order valence-electron chi connectivity index (χ3n) is 7.61. The second kappa shape index (κ2) is 21.1. The summed E-state index contributed by atoms with van der Waals surface area (Å²) in [5.41, 5.74) is 6.32. The number of benzene rings is 2. The highest BCUT2D eigenvalue weighted by atomic mass is 16.4. The number of hydrogen-bond acceptors (Lipinski definition) is 2. The van der Waals surface area contributed by atoms with E-state index in [0.29, 0.717) is 0 Å². The zero-order valence-electron chi connectivity index (χ0n) is 25.7. The van der Waals surface area contributed by atoms with Crippen LogP contribution in [0.1, 0.15) is 95.4 Å². The molecule has 1 aliphatic heterocycles. The van der Waals surface area contributed by atoms with Crippen LogP contribution in [0.15, 0.2) is 48.5 Å². The Bertz CT molecular complexity index is 764. The summed E-state index contributed by atoms with van der Waals surface area (Å²) in [7, 11) is 5.52. The Morgan fingerprint density at radius 3 is 1.47 bits per heavy atom. The number of aryl methyl sites for hydroxylation is 3. The fraction of sp³-hybridized carbons (Fsp3) is 0.647. The summed E-state index contributed by atoms with van der Waals surface area (Å²) in [5.74, 6) is 2.46. The first-order valence-electron chi connectivity index (χ1n) is 13.9. The van der Waals surface area contributed by atoms with Gasteiger partial charge in [-0.25, -0.2) is 0 Å². The van der Waals surface area contributed by atoms with E-state index in [1.807, 2.05) is 13.8 Å². The first kappa shape index (κ1) is 40.8. The molecule has 1 heterocycles. The van der Waals surface area contributed by atoms with E-state index in [1.54, 1.807) is 19.8 Å². The smallest absolute Gasteiger partial charge is 0.0351 e. The summed E-state index contributed by atoms with van der Waals surface area (Å²) in [6, 6.07) is 17.8. The van der Waals surface area contributed by atoms with Gasteiger partial charge < -0.3 is 20.6 Å². The lowest BCUT2D eigenvalue weighted by atomic mass is 9.55. The molecule has 1 saturated carbocycles. The Morgan fingerprint density at radius 2 is 1.13 bits per heavy atom. The summed E-state index contributed by atoms with van der Waals surface area (Å²) in [6.07, 6.45) is 7.28. The summed E-state index contributed by atoms with van der Waals surface area (Å²) in [5, 5.41) is 0. The molecule has 1 atom stereocenters. The molecular formula is C34H63NO3. The quantitative estimate of drug-likeness (QED) is 0.401. The van der Waals surface area contributed by atoms with Crippen LogP contribution in [-0.2, 0) is 4.74 Å². The van der Waals surface area contributed by atoms with Crippen LogP contribution in [-0.4, -0.2) is 50.2 Å². The van der Waals surface area contributed by atoms with Gasteiger partial charge in [-0.1, -0.05) is 100 Å². The van der Waals surface area contributed by atoms with E-state index in [2.05, 4.69) is 99.8 Å². The van der Waals surface area contributed by atoms with Crippen LogP contribution in [0.25, 0.3) is 0 Å².